The number of ether oxygens (including phenoxy) is 2. The van der Waals surface area contributed by atoms with Crippen LogP contribution >= 0.6 is 0 Å². The van der Waals surface area contributed by atoms with Gasteiger partial charge in [0.1, 0.15) is 11.5 Å². The fourth-order valence-electron chi connectivity index (χ4n) is 5.12. The van der Waals surface area contributed by atoms with Crippen molar-refractivity contribution in [3.63, 3.8) is 0 Å². The van der Waals surface area contributed by atoms with Crippen LogP contribution in [0.3, 0.4) is 0 Å². The Morgan fingerprint density at radius 2 is 1.00 bits per heavy atom. The molecule has 0 saturated heterocycles. The van der Waals surface area contributed by atoms with Gasteiger partial charge in [-0.1, -0.05) is 84.9 Å². The molecule has 0 aromatic heterocycles. The van der Waals surface area contributed by atoms with E-state index in [4.69, 9.17) is 9.47 Å². The van der Waals surface area contributed by atoms with Crippen molar-refractivity contribution < 1.29 is 9.47 Å². The van der Waals surface area contributed by atoms with Crippen molar-refractivity contribution in [2.24, 2.45) is 0 Å². The van der Waals surface area contributed by atoms with Crippen LogP contribution in [0.25, 0.3) is 5.57 Å². The van der Waals surface area contributed by atoms with Crippen molar-refractivity contribution in [3.8, 4) is 11.5 Å². The highest BCUT2D eigenvalue weighted by molar-refractivity contribution is 5.86. The molecule has 0 aliphatic heterocycles. The van der Waals surface area contributed by atoms with E-state index in [2.05, 4.69) is 84.9 Å². The molecule has 0 heterocycles. The Bertz CT molecular complexity index is 1150. The molecule has 5 rings (SSSR count). The molecule has 0 bridgehead atoms. The molecular formula is C31H28O2. The first-order valence-corrected chi connectivity index (χ1v) is 11.4. The van der Waals surface area contributed by atoms with Crippen LogP contribution in [0.1, 0.15) is 35.1 Å². The van der Waals surface area contributed by atoms with E-state index < -0.39 is 0 Å². The van der Waals surface area contributed by atoms with Crippen molar-refractivity contribution in [1.82, 2.24) is 0 Å². The first-order valence-electron chi connectivity index (χ1n) is 11.4. The van der Waals surface area contributed by atoms with Crippen molar-refractivity contribution in [1.29, 1.82) is 0 Å². The second kappa shape index (κ2) is 8.99. The lowest BCUT2D eigenvalue weighted by Gasteiger charge is -2.48. The molecule has 0 unspecified atom stereocenters. The van der Waals surface area contributed by atoms with Crippen LogP contribution in [-0.4, -0.2) is 14.2 Å². The zero-order chi connectivity index (χ0) is 22.7. The molecule has 0 amide bonds. The number of hydrogen-bond acceptors (Lipinski definition) is 2. The van der Waals surface area contributed by atoms with E-state index in [0.29, 0.717) is 0 Å². The molecule has 33 heavy (non-hydrogen) atoms. The van der Waals surface area contributed by atoms with Gasteiger partial charge in [0.05, 0.1) is 14.2 Å². The lowest BCUT2D eigenvalue weighted by atomic mass is 9.55. The van der Waals surface area contributed by atoms with E-state index in [1.807, 2.05) is 24.3 Å². The van der Waals surface area contributed by atoms with Crippen molar-refractivity contribution in [2.75, 3.05) is 14.2 Å². The zero-order valence-corrected chi connectivity index (χ0v) is 19.1. The lowest BCUT2D eigenvalue weighted by molar-refractivity contribution is 0.414. The second-order valence-electron chi connectivity index (χ2n) is 8.45. The Morgan fingerprint density at radius 3 is 1.33 bits per heavy atom. The molecule has 1 aliphatic carbocycles. The van der Waals surface area contributed by atoms with Gasteiger partial charge in [0.25, 0.3) is 0 Å². The van der Waals surface area contributed by atoms with Gasteiger partial charge in [-0.25, -0.2) is 0 Å². The fraction of sp³-hybridized carbons (Fsp3) is 0.161. The number of methoxy groups -OCH3 is 2. The number of hydrogen-bond donors (Lipinski definition) is 0. The number of rotatable bonds is 6. The van der Waals surface area contributed by atoms with E-state index in [9.17, 15) is 0 Å². The van der Waals surface area contributed by atoms with Crippen LogP contribution in [0.2, 0.25) is 0 Å². The molecule has 0 N–H and O–H groups in total. The van der Waals surface area contributed by atoms with Crippen LogP contribution in [0.15, 0.2) is 115 Å². The van der Waals surface area contributed by atoms with Crippen LogP contribution in [0.4, 0.5) is 0 Å². The third-order valence-corrected chi connectivity index (χ3v) is 6.86. The standard InChI is InChI=1S/C31H28O2/c1-32-27-17-13-23(14-18-27)30(24-15-19-28(33-2)20-16-24)29-21-22-31(29,25-9-5-3-6-10-25)26-11-7-4-8-12-26/h3-20H,21-22H2,1-2H3. The van der Waals surface area contributed by atoms with Gasteiger partial charge in [-0.15, -0.1) is 0 Å². The van der Waals surface area contributed by atoms with E-state index in [1.165, 1.54) is 33.4 Å². The summed E-state index contributed by atoms with van der Waals surface area (Å²) in [4.78, 5) is 0. The zero-order valence-electron chi connectivity index (χ0n) is 19.1. The molecule has 2 nitrogen and oxygen atoms in total. The largest absolute Gasteiger partial charge is 0.497 e. The van der Waals surface area contributed by atoms with Gasteiger partial charge in [0.2, 0.25) is 0 Å². The monoisotopic (exact) mass is 432 g/mol. The Balaban J connectivity index is 1.78. The highest BCUT2D eigenvalue weighted by Crippen LogP contribution is 2.56. The van der Waals surface area contributed by atoms with Gasteiger partial charge < -0.3 is 9.47 Å². The molecule has 4 aromatic carbocycles. The van der Waals surface area contributed by atoms with Gasteiger partial charge in [-0.3, -0.25) is 0 Å². The quantitative estimate of drug-likeness (QED) is 0.319. The summed E-state index contributed by atoms with van der Waals surface area (Å²) in [6, 6.07) is 38.7. The maximum absolute atomic E-state index is 5.43. The molecule has 0 spiro atoms. The lowest BCUT2D eigenvalue weighted by Crippen LogP contribution is -2.39. The topological polar surface area (TPSA) is 18.5 Å². The minimum atomic E-state index is -0.141. The summed E-state index contributed by atoms with van der Waals surface area (Å²) >= 11 is 0. The van der Waals surface area contributed by atoms with Crippen LogP contribution < -0.4 is 9.47 Å². The Morgan fingerprint density at radius 1 is 0.576 bits per heavy atom. The summed E-state index contributed by atoms with van der Waals surface area (Å²) < 4.78 is 10.9. The summed E-state index contributed by atoms with van der Waals surface area (Å²) in [6.07, 6.45) is 2.14. The minimum absolute atomic E-state index is 0.141. The normalized spacial score (nSPS) is 14.3. The average molecular weight is 433 g/mol. The van der Waals surface area contributed by atoms with Gasteiger partial charge in [-0.05, 0) is 70.5 Å². The van der Waals surface area contributed by atoms with Crippen molar-refractivity contribution in [2.45, 2.75) is 18.3 Å². The number of allylic oxidation sites excluding steroid dienone is 1. The molecule has 1 saturated carbocycles. The third kappa shape index (κ3) is 3.72. The minimum Gasteiger partial charge on any atom is -0.497 e. The van der Waals surface area contributed by atoms with E-state index in [-0.39, 0.29) is 5.41 Å². The van der Waals surface area contributed by atoms with Crippen molar-refractivity contribution in [3.05, 3.63) is 137 Å². The summed E-state index contributed by atoms with van der Waals surface area (Å²) in [5.41, 5.74) is 7.69. The van der Waals surface area contributed by atoms with E-state index in [0.717, 1.165) is 24.3 Å². The van der Waals surface area contributed by atoms with Crippen molar-refractivity contribution >= 4 is 5.57 Å². The summed E-state index contributed by atoms with van der Waals surface area (Å²) in [5.74, 6) is 1.73. The Labute approximate surface area is 196 Å². The van der Waals surface area contributed by atoms with Gasteiger partial charge in [-0.2, -0.15) is 0 Å². The van der Waals surface area contributed by atoms with E-state index >= 15 is 0 Å². The summed E-state index contributed by atoms with van der Waals surface area (Å²) in [5, 5.41) is 0. The first-order chi connectivity index (χ1) is 16.3. The molecule has 4 aromatic rings. The van der Waals surface area contributed by atoms with Gasteiger partial charge in [0, 0.05) is 5.41 Å². The van der Waals surface area contributed by atoms with E-state index in [1.54, 1.807) is 14.2 Å². The molecule has 2 heteroatoms. The molecule has 1 aliphatic rings. The molecule has 1 fully saturated rings. The SMILES string of the molecule is COc1ccc(C(=C2CCC2(c2ccccc2)c2ccccc2)c2ccc(OC)cc2)cc1. The Kier molecular flexibility index (Phi) is 5.75. The average Bonchev–Trinajstić information content (AvgIpc) is 2.88. The Hall–Kier alpha value is -3.78. The maximum atomic E-state index is 5.43. The highest BCUT2D eigenvalue weighted by atomic mass is 16.5. The molecule has 0 radical (unpaired) electrons. The van der Waals surface area contributed by atoms with Gasteiger partial charge in [0.15, 0.2) is 0 Å². The molecule has 0 atom stereocenters. The van der Waals surface area contributed by atoms with Crippen LogP contribution in [0, 0.1) is 0 Å². The van der Waals surface area contributed by atoms with Gasteiger partial charge >= 0.3 is 0 Å². The summed E-state index contributed by atoms with van der Waals surface area (Å²) in [7, 11) is 3.42. The smallest absolute Gasteiger partial charge is 0.118 e. The maximum Gasteiger partial charge on any atom is 0.118 e. The second-order valence-corrected chi connectivity index (χ2v) is 8.45. The van der Waals surface area contributed by atoms with Crippen LogP contribution in [0.5, 0.6) is 11.5 Å². The van der Waals surface area contributed by atoms with Crippen LogP contribution in [-0.2, 0) is 5.41 Å². The summed E-state index contributed by atoms with van der Waals surface area (Å²) in [6.45, 7) is 0. The predicted octanol–water partition coefficient (Wildman–Crippen LogP) is 7.29. The highest BCUT2D eigenvalue weighted by Gasteiger charge is 2.46. The third-order valence-electron chi connectivity index (χ3n) is 6.86. The number of benzene rings is 4. The predicted molar refractivity (Wildman–Crippen MR) is 135 cm³/mol. The molecular weight excluding hydrogens is 404 g/mol. The molecule has 164 valence electrons. The first kappa shape index (κ1) is 21.1. The fourth-order valence-corrected chi connectivity index (χ4v) is 5.12.